The minimum absolute atomic E-state index is 0.0319. The van der Waals surface area contributed by atoms with Gasteiger partial charge in [0.1, 0.15) is 6.04 Å². The van der Waals surface area contributed by atoms with Crippen LogP contribution in [-0.4, -0.2) is 57.5 Å². The van der Waals surface area contributed by atoms with Crippen LogP contribution in [0.4, 0.5) is 5.69 Å². The first-order valence-corrected chi connectivity index (χ1v) is 10.4. The van der Waals surface area contributed by atoms with Crippen LogP contribution in [0.5, 0.6) is 0 Å². The van der Waals surface area contributed by atoms with E-state index in [0.717, 1.165) is 50.1 Å². The molecule has 0 unspecified atom stereocenters. The number of amides is 2. The molecular formula is C19H25N3O4S. The minimum Gasteiger partial charge on any atom is -0.341 e. The van der Waals surface area contributed by atoms with E-state index in [2.05, 4.69) is 0 Å². The molecule has 2 aliphatic rings. The average Bonchev–Trinajstić information content (AvgIpc) is 3.22. The van der Waals surface area contributed by atoms with Crippen LogP contribution in [0.2, 0.25) is 0 Å². The van der Waals surface area contributed by atoms with Crippen molar-refractivity contribution in [2.45, 2.75) is 55.2 Å². The highest BCUT2D eigenvalue weighted by molar-refractivity contribution is 8.00. The average molecular weight is 391 g/mol. The smallest absolute Gasteiger partial charge is 0.269 e. The summed E-state index contributed by atoms with van der Waals surface area (Å²) in [6.07, 6.45) is 4.70. The Morgan fingerprint density at radius 2 is 1.74 bits per heavy atom. The van der Waals surface area contributed by atoms with Crippen LogP contribution in [0.15, 0.2) is 29.2 Å². The number of likely N-dealkylation sites (tertiary alicyclic amines) is 2. The minimum atomic E-state index is -0.439. The molecule has 146 valence electrons. The van der Waals surface area contributed by atoms with Gasteiger partial charge in [0.15, 0.2) is 0 Å². The van der Waals surface area contributed by atoms with Crippen LogP contribution in [-0.2, 0) is 9.59 Å². The second-order valence-corrected chi connectivity index (χ2v) is 8.50. The number of benzene rings is 1. The largest absolute Gasteiger partial charge is 0.341 e. The van der Waals surface area contributed by atoms with Gasteiger partial charge in [0.25, 0.3) is 5.69 Å². The Bertz CT molecular complexity index is 703. The second kappa shape index (κ2) is 8.73. The lowest BCUT2D eigenvalue weighted by atomic mass is 10.0. The molecule has 7 nitrogen and oxygen atoms in total. The number of nitrogens with zero attached hydrogens (tertiary/aromatic N) is 3. The van der Waals surface area contributed by atoms with E-state index >= 15 is 0 Å². The molecule has 2 amide bonds. The molecule has 3 rings (SSSR count). The van der Waals surface area contributed by atoms with Crippen molar-refractivity contribution in [1.29, 1.82) is 0 Å². The van der Waals surface area contributed by atoms with Crippen molar-refractivity contribution in [3.8, 4) is 0 Å². The van der Waals surface area contributed by atoms with Crippen molar-refractivity contribution in [1.82, 2.24) is 9.80 Å². The molecule has 0 aliphatic carbocycles. The van der Waals surface area contributed by atoms with E-state index in [4.69, 9.17) is 0 Å². The molecular weight excluding hydrogens is 366 g/mol. The van der Waals surface area contributed by atoms with Gasteiger partial charge in [-0.3, -0.25) is 19.7 Å². The number of rotatable bonds is 5. The number of thioether (sulfide) groups is 1. The van der Waals surface area contributed by atoms with Crippen LogP contribution >= 0.6 is 11.8 Å². The van der Waals surface area contributed by atoms with Crippen LogP contribution in [0, 0.1) is 10.1 Å². The predicted molar refractivity (Wildman–Crippen MR) is 104 cm³/mol. The zero-order chi connectivity index (χ0) is 19.4. The maximum atomic E-state index is 13.0. The summed E-state index contributed by atoms with van der Waals surface area (Å²) in [6, 6.07) is 5.87. The van der Waals surface area contributed by atoms with E-state index in [1.165, 1.54) is 23.9 Å². The maximum Gasteiger partial charge on any atom is 0.269 e. The lowest BCUT2D eigenvalue weighted by Crippen LogP contribution is -2.54. The van der Waals surface area contributed by atoms with E-state index in [9.17, 15) is 19.7 Å². The van der Waals surface area contributed by atoms with Gasteiger partial charge in [-0.15, -0.1) is 11.8 Å². The van der Waals surface area contributed by atoms with Gasteiger partial charge < -0.3 is 9.80 Å². The lowest BCUT2D eigenvalue weighted by molar-refractivity contribution is -0.384. The van der Waals surface area contributed by atoms with Crippen molar-refractivity contribution in [3.63, 3.8) is 0 Å². The Balaban J connectivity index is 1.66. The van der Waals surface area contributed by atoms with Crippen LogP contribution < -0.4 is 0 Å². The number of nitro benzene ring substituents is 1. The van der Waals surface area contributed by atoms with Gasteiger partial charge in [0.2, 0.25) is 11.8 Å². The van der Waals surface area contributed by atoms with Gasteiger partial charge >= 0.3 is 0 Å². The molecule has 0 radical (unpaired) electrons. The topological polar surface area (TPSA) is 83.8 Å². The molecule has 2 atom stereocenters. The van der Waals surface area contributed by atoms with Crippen molar-refractivity contribution in [2.24, 2.45) is 0 Å². The van der Waals surface area contributed by atoms with Gasteiger partial charge in [-0.2, -0.15) is 0 Å². The number of hydrogen-bond donors (Lipinski definition) is 0. The third kappa shape index (κ3) is 4.61. The highest BCUT2D eigenvalue weighted by Gasteiger charge is 2.37. The summed E-state index contributed by atoms with van der Waals surface area (Å²) >= 11 is 1.37. The molecule has 0 spiro atoms. The molecule has 2 aliphatic heterocycles. The fourth-order valence-electron chi connectivity index (χ4n) is 3.73. The molecule has 0 bridgehead atoms. The normalized spacial score (nSPS) is 21.1. The van der Waals surface area contributed by atoms with Crippen molar-refractivity contribution in [2.75, 3.05) is 19.6 Å². The zero-order valence-corrected chi connectivity index (χ0v) is 16.3. The third-order valence-corrected chi connectivity index (χ3v) is 6.30. The fraction of sp³-hybridized carbons (Fsp3) is 0.579. The SMILES string of the molecule is C[C@H](Sc1ccc([N+](=O)[O-])cc1)C(=O)N1CCCC[C@H]1C(=O)N1CCCC1. The Morgan fingerprint density at radius 3 is 2.37 bits per heavy atom. The number of piperidine rings is 1. The van der Waals surface area contributed by atoms with Crippen molar-refractivity contribution >= 4 is 29.3 Å². The molecule has 2 fully saturated rings. The number of carbonyl (C=O) groups is 2. The van der Waals surface area contributed by atoms with E-state index < -0.39 is 4.92 Å². The summed E-state index contributed by atoms with van der Waals surface area (Å²) in [4.78, 5) is 40.7. The van der Waals surface area contributed by atoms with E-state index in [1.807, 2.05) is 11.8 Å². The predicted octanol–water partition coefficient (Wildman–Crippen LogP) is 3.08. The van der Waals surface area contributed by atoms with E-state index in [1.54, 1.807) is 17.0 Å². The first-order chi connectivity index (χ1) is 13.0. The molecule has 8 heteroatoms. The van der Waals surface area contributed by atoms with E-state index in [0.29, 0.717) is 6.54 Å². The van der Waals surface area contributed by atoms with Gasteiger partial charge in [-0.1, -0.05) is 0 Å². The molecule has 1 aromatic carbocycles. The number of nitro groups is 1. The monoisotopic (exact) mass is 391 g/mol. The Morgan fingerprint density at radius 1 is 1.11 bits per heavy atom. The standard InChI is InChI=1S/C19H25N3O4S/c1-14(27-16-9-7-15(8-10-16)22(25)26)18(23)21-13-3-2-6-17(21)19(24)20-11-4-5-12-20/h7-10,14,17H,2-6,11-13H2,1H3/t14-,17-/m0/s1. The molecule has 0 N–H and O–H groups in total. The number of hydrogen-bond acceptors (Lipinski definition) is 5. The quantitative estimate of drug-likeness (QED) is 0.438. The summed E-state index contributed by atoms with van der Waals surface area (Å²) in [6.45, 7) is 4.05. The summed E-state index contributed by atoms with van der Waals surface area (Å²) in [5.74, 6) is 0.0590. The molecule has 27 heavy (non-hydrogen) atoms. The maximum absolute atomic E-state index is 13.0. The van der Waals surface area contributed by atoms with Gasteiger partial charge in [0, 0.05) is 36.7 Å². The second-order valence-electron chi connectivity index (χ2n) is 7.09. The first-order valence-electron chi connectivity index (χ1n) is 9.48. The van der Waals surface area contributed by atoms with Crippen molar-refractivity contribution < 1.29 is 14.5 Å². The highest BCUT2D eigenvalue weighted by atomic mass is 32.2. The summed E-state index contributed by atoms with van der Waals surface area (Å²) in [5.41, 5.74) is 0.0330. The van der Waals surface area contributed by atoms with Gasteiger partial charge in [-0.05, 0) is 51.2 Å². The Labute approximate surface area is 163 Å². The Kier molecular flexibility index (Phi) is 6.36. The summed E-state index contributed by atoms with van der Waals surface area (Å²) in [7, 11) is 0. The van der Waals surface area contributed by atoms with Crippen LogP contribution in [0.25, 0.3) is 0 Å². The highest BCUT2D eigenvalue weighted by Crippen LogP contribution is 2.29. The van der Waals surface area contributed by atoms with Crippen LogP contribution in [0.3, 0.4) is 0 Å². The van der Waals surface area contributed by atoms with Crippen molar-refractivity contribution in [3.05, 3.63) is 34.4 Å². The van der Waals surface area contributed by atoms with E-state index in [-0.39, 0.29) is 28.8 Å². The first kappa shape index (κ1) is 19.7. The number of carbonyl (C=O) groups excluding carboxylic acids is 2. The third-order valence-electron chi connectivity index (χ3n) is 5.20. The Hall–Kier alpha value is -2.09. The lowest BCUT2D eigenvalue weighted by Gasteiger charge is -2.38. The molecule has 0 aromatic heterocycles. The molecule has 2 saturated heterocycles. The van der Waals surface area contributed by atoms with Gasteiger partial charge in [-0.25, -0.2) is 0 Å². The van der Waals surface area contributed by atoms with Crippen LogP contribution in [0.1, 0.15) is 39.0 Å². The number of non-ortho nitro benzene ring substituents is 1. The van der Waals surface area contributed by atoms with Gasteiger partial charge in [0.05, 0.1) is 10.2 Å². The molecule has 2 heterocycles. The molecule has 0 saturated carbocycles. The molecule has 1 aromatic rings. The fourth-order valence-corrected chi connectivity index (χ4v) is 4.67. The summed E-state index contributed by atoms with van der Waals surface area (Å²) < 4.78 is 0. The zero-order valence-electron chi connectivity index (χ0n) is 15.5. The summed E-state index contributed by atoms with van der Waals surface area (Å²) in [5, 5.41) is 10.4.